The lowest BCUT2D eigenvalue weighted by Crippen LogP contribution is -2.27. The van der Waals surface area contributed by atoms with Gasteiger partial charge in [-0.25, -0.2) is 9.97 Å². The van der Waals surface area contributed by atoms with Gasteiger partial charge in [-0.15, -0.1) is 0 Å². The molecule has 0 aliphatic heterocycles. The molecule has 7 nitrogen and oxygen atoms in total. The minimum absolute atomic E-state index is 0.209. The van der Waals surface area contributed by atoms with Crippen LogP contribution in [-0.2, 0) is 6.42 Å². The molecule has 0 aliphatic carbocycles. The molecule has 0 saturated heterocycles. The zero-order chi connectivity index (χ0) is 19.6. The van der Waals surface area contributed by atoms with Crippen molar-refractivity contribution < 1.29 is 14.3 Å². The molecule has 1 heterocycles. The molecule has 0 unspecified atom stereocenters. The van der Waals surface area contributed by atoms with Crippen LogP contribution in [0.4, 0.5) is 5.82 Å². The number of amides is 1. The first kappa shape index (κ1) is 20.5. The smallest absolute Gasteiger partial charge is 0.270 e. The Morgan fingerprint density at radius 3 is 2.56 bits per heavy atom. The number of rotatable bonds is 10. The average molecular weight is 372 g/mol. The second-order valence-electron chi connectivity index (χ2n) is 6.16. The third-order valence-electron chi connectivity index (χ3n) is 4.05. The summed E-state index contributed by atoms with van der Waals surface area (Å²) in [7, 11) is 3.21. The first-order valence-electron chi connectivity index (χ1n) is 9.16. The van der Waals surface area contributed by atoms with E-state index in [4.69, 9.17) is 9.47 Å². The fraction of sp³-hybridized carbons (Fsp3) is 0.450. The van der Waals surface area contributed by atoms with Crippen molar-refractivity contribution in [2.45, 2.75) is 33.1 Å². The third kappa shape index (κ3) is 6.13. The fourth-order valence-electron chi connectivity index (χ4n) is 2.61. The van der Waals surface area contributed by atoms with E-state index < -0.39 is 0 Å². The second-order valence-corrected chi connectivity index (χ2v) is 6.16. The highest BCUT2D eigenvalue weighted by Crippen LogP contribution is 2.27. The van der Waals surface area contributed by atoms with Gasteiger partial charge in [0.25, 0.3) is 5.91 Å². The number of ether oxygens (including phenoxy) is 2. The molecule has 0 saturated carbocycles. The van der Waals surface area contributed by atoms with Crippen LogP contribution in [0.15, 0.2) is 24.3 Å². The van der Waals surface area contributed by atoms with Crippen LogP contribution >= 0.6 is 0 Å². The summed E-state index contributed by atoms with van der Waals surface area (Å²) in [6.07, 6.45) is 2.83. The highest BCUT2D eigenvalue weighted by atomic mass is 16.5. The molecule has 0 spiro atoms. The van der Waals surface area contributed by atoms with Gasteiger partial charge in [-0.3, -0.25) is 4.79 Å². The van der Waals surface area contributed by atoms with Crippen LogP contribution in [0.1, 0.15) is 41.6 Å². The van der Waals surface area contributed by atoms with Crippen molar-refractivity contribution in [2.24, 2.45) is 0 Å². The van der Waals surface area contributed by atoms with Gasteiger partial charge in [-0.1, -0.05) is 19.4 Å². The second kappa shape index (κ2) is 10.4. The summed E-state index contributed by atoms with van der Waals surface area (Å²) in [5, 5.41) is 6.14. The van der Waals surface area contributed by atoms with Crippen molar-refractivity contribution in [2.75, 3.05) is 32.6 Å². The number of methoxy groups -OCH3 is 2. The van der Waals surface area contributed by atoms with Gasteiger partial charge in [0.05, 0.1) is 14.2 Å². The Morgan fingerprint density at radius 2 is 1.85 bits per heavy atom. The predicted molar refractivity (Wildman–Crippen MR) is 106 cm³/mol. The van der Waals surface area contributed by atoms with E-state index >= 15 is 0 Å². The maximum absolute atomic E-state index is 12.4. The zero-order valence-corrected chi connectivity index (χ0v) is 16.5. The van der Waals surface area contributed by atoms with E-state index in [0.717, 1.165) is 24.9 Å². The first-order chi connectivity index (χ1) is 13.1. The number of carbonyl (C=O) groups excluding carboxylic acids is 1. The number of nitrogens with zero attached hydrogens (tertiary/aromatic N) is 2. The van der Waals surface area contributed by atoms with Crippen LogP contribution in [-0.4, -0.2) is 43.2 Å². The largest absolute Gasteiger partial charge is 0.493 e. The number of nitrogens with one attached hydrogen (secondary N) is 2. The minimum atomic E-state index is -0.209. The van der Waals surface area contributed by atoms with Gasteiger partial charge in [0.2, 0.25) is 0 Å². The van der Waals surface area contributed by atoms with E-state index in [0.29, 0.717) is 41.8 Å². The monoisotopic (exact) mass is 372 g/mol. The Morgan fingerprint density at radius 1 is 1.07 bits per heavy atom. The van der Waals surface area contributed by atoms with E-state index in [-0.39, 0.29) is 5.91 Å². The van der Waals surface area contributed by atoms with E-state index in [2.05, 4.69) is 27.5 Å². The van der Waals surface area contributed by atoms with E-state index in [1.54, 1.807) is 27.2 Å². The zero-order valence-electron chi connectivity index (χ0n) is 16.5. The Kier molecular flexibility index (Phi) is 7.85. The van der Waals surface area contributed by atoms with Gasteiger partial charge < -0.3 is 20.1 Å². The Balaban J connectivity index is 1.93. The summed E-state index contributed by atoms with van der Waals surface area (Å²) in [5.74, 6) is 2.41. The number of aryl methyl sites for hydroxylation is 1. The summed E-state index contributed by atoms with van der Waals surface area (Å²) in [5.41, 5.74) is 1.42. The number of hydrogen-bond acceptors (Lipinski definition) is 6. The molecule has 1 aromatic carbocycles. The summed E-state index contributed by atoms with van der Waals surface area (Å²) in [6, 6.07) is 7.42. The van der Waals surface area contributed by atoms with Crippen LogP contribution in [0, 0.1) is 6.92 Å². The summed E-state index contributed by atoms with van der Waals surface area (Å²) in [6.45, 7) is 5.23. The van der Waals surface area contributed by atoms with Crippen molar-refractivity contribution in [3.8, 4) is 11.5 Å². The molecule has 27 heavy (non-hydrogen) atoms. The summed E-state index contributed by atoms with van der Waals surface area (Å²) < 4.78 is 10.5. The van der Waals surface area contributed by atoms with Gasteiger partial charge in [-0.2, -0.15) is 0 Å². The molecular weight excluding hydrogens is 344 g/mol. The number of carbonyl (C=O) groups is 1. The molecule has 2 N–H and O–H groups in total. The van der Waals surface area contributed by atoms with Gasteiger partial charge in [-0.05, 0) is 37.5 Å². The van der Waals surface area contributed by atoms with Gasteiger partial charge in [0.15, 0.2) is 11.5 Å². The topological polar surface area (TPSA) is 85.4 Å². The van der Waals surface area contributed by atoms with E-state index in [1.807, 2.05) is 18.2 Å². The Hall–Kier alpha value is -2.83. The standard InChI is InChI=1S/C20H28N4O3/c1-5-6-10-21-19-13-16(23-14(2)24-19)20(25)22-11-9-15-7-8-17(26-3)18(12-15)27-4/h7-8,12-13H,5-6,9-11H2,1-4H3,(H,22,25)(H,21,23,24). The molecule has 2 aromatic rings. The molecule has 0 radical (unpaired) electrons. The molecule has 7 heteroatoms. The van der Waals surface area contributed by atoms with Gasteiger partial charge >= 0.3 is 0 Å². The van der Waals surface area contributed by atoms with Crippen LogP contribution in [0.3, 0.4) is 0 Å². The lowest BCUT2D eigenvalue weighted by atomic mass is 10.1. The maximum atomic E-state index is 12.4. The van der Waals surface area contributed by atoms with Gasteiger partial charge in [0, 0.05) is 19.2 Å². The van der Waals surface area contributed by atoms with E-state index in [9.17, 15) is 4.79 Å². The summed E-state index contributed by atoms with van der Waals surface area (Å²) in [4.78, 5) is 21.0. The van der Waals surface area contributed by atoms with E-state index in [1.165, 1.54) is 0 Å². The molecule has 146 valence electrons. The molecule has 1 aromatic heterocycles. The molecule has 0 aliphatic rings. The molecule has 2 rings (SSSR count). The molecule has 0 bridgehead atoms. The van der Waals surface area contributed by atoms with Crippen molar-refractivity contribution in [3.05, 3.63) is 41.3 Å². The van der Waals surface area contributed by atoms with Crippen molar-refractivity contribution in [1.29, 1.82) is 0 Å². The quantitative estimate of drug-likeness (QED) is 0.624. The predicted octanol–water partition coefficient (Wildman–Crippen LogP) is 2.99. The highest BCUT2D eigenvalue weighted by molar-refractivity contribution is 5.92. The number of hydrogen-bond donors (Lipinski definition) is 2. The molecular formula is C20H28N4O3. The highest BCUT2D eigenvalue weighted by Gasteiger charge is 2.11. The lowest BCUT2D eigenvalue weighted by molar-refractivity contribution is 0.0949. The van der Waals surface area contributed by atoms with Crippen LogP contribution in [0.2, 0.25) is 0 Å². The Labute approximate surface area is 160 Å². The summed E-state index contributed by atoms with van der Waals surface area (Å²) >= 11 is 0. The maximum Gasteiger partial charge on any atom is 0.270 e. The Bertz CT molecular complexity index is 765. The third-order valence-corrected chi connectivity index (χ3v) is 4.05. The molecule has 1 amide bonds. The number of aromatic nitrogens is 2. The number of anilines is 1. The van der Waals surface area contributed by atoms with Crippen LogP contribution in [0.5, 0.6) is 11.5 Å². The SMILES string of the molecule is CCCCNc1cc(C(=O)NCCc2ccc(OC)c(OC)c2)nc(C)n1. The fourth-order valence-corrected chi connectivity index (χ4v) is 2.61. The lowest BCUT2D eigenvalue weighted by Gasteiger charge is -2.11. The number of benzene rings is 1. The van der Waals surface area contributed by atoms with Crippen molar-refractivity contribution in [3.63, 3.8) is 0 Å². The minimum Gasteiger partial charge on any atom is -0.493 e. The first-order valence-corrected chi connectivity index (χ1v) is 9.16. The number of unbranched alkanes of at least 4 members (excludes halogenated alkanes) is 1. The van der Waals surface area contributed by atoms with Crippen LogP contribution < -0.4 is 20.1 Å². The molecule has 0 atom stereocenters. The molecule has 0 fully saturated rings. The average Bonchev–Trinajstić information content (AvgIpc) is 2.67. The van der Waals surface area contributed by atoms with Crippen molar-refractivity contribution in [1.82, 2.24) is 15.3 Å². The van der Waals surface area contributed by atoms with Crippen LogP contribution in [0.25, 0.3) is 0 Å². The normalized spacial score (nSPS) is 10.4. The van der Waals surface area contributed by atoms with Gasteiger partial charge in [0.1, 0.15) is 17.3 Å². The van der Waals surface area contributed by atoms with Crippen molar-refractivity contribution >= 4 is 11.7 Å².